The molecule has 0 amide bonds. The van der Waals surface area contributed by atoms with Crippen LogP contribution in [0.4, 0.5) is 0 Å². The molecule has 84 valence electrons. The normalized spacial score (nSPS) is 9.24. The molecule has 0 radical (unpaired) electrons. The van der Waals surface area contributed by atoms with Gasteiger partial charge in [-0.05, 0) is 30.3 Å². The number of aromatic nitrogens is 2. The molecule has 0 unspecified atom stereocenters. The highest BCUT2D eigenvalue weighted by Crippen LogP contribution is 2.19. The summed E-state index contributed by atoms with van der Waals surface area (Å²) in [5.41, 5.74) is 1.39. The third-order valence-electron chi connectivity index (χ3n) is 2.10. The lowest BCUT2D eigenvalue weighted by molar-refractivity contribution is 0.519. The maximum atomic E-state index is 10.9. The van der Waals surface area contributed by atoms with E-state index in [-0.39, 0.29) is 5.56 Å². The molecule has 2 rings (SSSR count). The van der Waals surface area contributed by atoms with E-state index in [9.17, 15) is 4.79 Å². The van der Waals surface area contributed by atoms with Crippen LogP contribution in [0, 0.1) is 12.0 Å². The summed E-state index contributed by atoms with van der Waals surface area (Å²) in [5, 5.41) is 6.32. The molecule has 0 atom stereocenters. The van der Waals surface area contributed by atoms with Gasteiger partial charge in [0.05, 0.1) is 5.69 Å². The van der Waals surface area contributed by atoms with Crippen molar-refractivity contribution < 1.29 is 4.74 Å². The van der Waals surface area contributed by atoms with Gasteiger partial charge in [-0.25, -0.2) is 5.10 Å². The second-order valence-electron chi connectivity index (χ2n) is 3.28. The largest absolute Gasteiger partial charge is 0.408 e. The highest BCUT2D eigenvalue weighted by Gasteiger charge is 1.99. The van der Waals surface area contributed by atoms with Crippen LogP contribution in [-0.2, 0) is 0 Å². The van der Waals surface area contributed by atoms with E-state index in [0.29, 0.717) is 11.4 Å². The Morgan fingerprint density at radius 2 is 1.94 bits per heavy atom. The molecule has 0 fully saturated rings. The van der Waals surface area contributed by atoms with Crippen molar-refractivity contribution in [3.8, 4) is 29.0 Å². The van der Waals surface area contributed by atoms with E-state index in [4.69, 9.17) is 4.74 Å². The van der Waals surface area contributed by atoms with Gasteiger partial charge in [0.15, 0.2) is 0 Å². The lowest BCUT2D eigenvalue weighted by Gasteiger charge is -2.01. The van der Waals surface area contributed by atoms with Crippen molar-refractivity contribution in [2.75, 3.05) is 0 Å². The summed E-state index contributed by atoms with van der Waals surface area (Å²) in [5.74, 6) is 3.32. The third kappa shape index (κ3) is 2.73. The number of nitrogens with one attached hydrogen (secondary N) is 1. The lowest BCUT2D eigenvalue weighted by Crippen LogP contribution is -2.05. The van der Waals surface area contributed by atoms with Gasteiger partial charge in [-0.1, -0.05) is 5.92 Å². The molecule has 0 aliphatic carbocycles. The van der Waals surface area contributed by atoms with Crippen LogP contribution >= 0.6 is 0 Å². The van der Waals surface area contributed by atoms with Gasteiger partial charge in [0.25, 0.3) is 5.56 Å². The van der Waals surface area contributed by atoms with Gasteiger partial charge in [0.2, 0.25) is 0 Å². The molecule has 4 nitrogen and oxygen atoms in total. The smallest absolute Gasteiger partial charge is 0.264 e. The summed E-state index contributed by atoms with van der Waals surface area (Å²) < 4.78 is 5.13. The Labute approximate surface area is 98.3 Å². The monoisotopic (exact) mass is 226 g/mol. The summed E-state index contributed by atoms with van der Waals surface area (Å²) >= 11 is 0. The quantitative estimate of drug-likeness (QED) is 0.794. The highest BCUT2D eigenvalue weighted by molar-refractivity contribution is 5.59. The van der Waals surface area contributed by atoms with Crippen LogP contribution < -0.4 is 10.3 Å². The van der Waals surface area contributed by atoms with Crippen LogP contribution in [0.3, 0.4) is 0 Å². The van der Waals surface area contributed by atoms with E-state index >= 15 is 0 Å². The zero-order chi connectivity index (χ0) is 12.1. The molecule has 0 bridgehead atoms. The third-order valence-corrected chi connectivity index (χ3v) is 2.10. The number of nitrogens with zero attached hydrogens (tertiary/aromatic N) is 1. The van der Waals surface area contributed by atoms with Crippen LogP contribution in [0.25, 0.3) is 11.3 Å². The minimum Gasteiger partial charge on any atom is -0.408 e. The molecule has 0 saturated heterocycles. The summed E-state index contributed by atoms with van der Waals surface area (Å²) in [6.07, 6.45) is 2.52. The first-order valence-electron chi connectivity index (χ1n) is 5.04. The first kappa shape index (κ1) is 11.0. The van der Waals surface area contributed by atoms with Crippen LogP contribution in [0.15, 0.2) is 41.2 Å². The second kappa shape index (κ2) is 4.99. The average Bonchev–Trinajstić information content (AvgIpc) is 2.38. The summed E-state index contributed by atoms with van der Waals surface area (Å²) in [6.45, 7) is 1.71. The average molecular weight is 226 g/mol. The first-order chi connectivity index (χ1) is 8.29. The van der Waals surface area contributed by atoms with E-state index in [1.54, 1.807) is 25.1 Å². The molecule has 0 aliphatic rings. The zero-order valence-electron chi connectivity index (χ0n) is 9.23. The molecule has 4 heteroatoms. The zero-order valence-corrected chi connectivity index (χ0v) is 9.23. The fourth-order valence-electron chi connectivity index (χ4n) is 1.31. The molecule has 2 aromatic rings. The predicted octanol–water partition coefficient (Wildman–Crippen LogP) is 1.80. The number of hydrogen-bond donors (Lipinski definition) is 1. The number of aromatic amines is 1. The number of ether oxygens (including phenoxy) is 1. The molecule has 1 heterocycles. The van der Waals surface area contributed by atoms with Crippen molar-refractivity contribution in [3.63, 3.8) is 0 Å². The SMILES string of the molecule is CC#COc1ccc(-c2ccc(=O)[nH]n2)cc1. The van der Waals surface area contributed by atoms with Crippen molar-refractivity contribution >= 4 is 0 Å². The van der Waals surface area contributed by atoms with Gasteiger partial charge in [0, 0.05) is 18.6 Å². The molecule has 1 aromatic heterocycles. The highest BCUT2D eigenvalue weighted by atomic mass is 16.5. The van der Waals surface area contributed by atoms with E-state index < -0.39 is 0 Å². The summed E-state index contributed by atoms with van der Waals surface area (Å²) in [6, 6.07) is 10.4. The molecule has 0 aliphatic heterocycles. The van der Waals surface area contributed by atoms with Gasteiger partial charge < -0.3 is 4.74 Å². The van der Waals surface area contributed by atoms with Crippen molar-refractivity contribution in [1.29, 1.82) is 0 Å². The fraction of sp³-hybridized carbons (Fsp3) is 0.0769. The van der Waals surface area contributed by atoms with E-state index in [2.05, 4.69) is 22.2 Å². The van der Waals surface area contributed by atoms with E-state index in [0.717, 1.165) is 5.56 Å². The molecule has 1 aromatic carbocycles. The van der Waals surface area contributed by atoms with Gasteiger partial charge in [0.1, 0.15) is 11.9 Å². The number of rotatable bonds is 2. The Balaban J connectivity index is 2.25. The first-order valence-corrected chi connectivity index (χ1v) is 5.04. The summed E-state index contributed by atoms with van der Waals surface area (Å²) in [4.78, 5) is 10.9. The Kier molecular flexibility index (Phi) is 3.22. The number of benzene rings is 1. The maximum absolute atomic E-state index is 10.9. The van der Waals surface area contributed by atoms with Crippen LogP contribution in [0.2, 0.25) is 0 Å². The molecular formula is C13H10N2O2. The molecule has 17 heavy (non-hydrogen) atoms. The Morgan fingerprint density at radius 3 is 2.53 bits per heavy atom. The Bertz CT molecular complexity index is 598. The number of hydrogen-bond acceptors (Lipinski definition) is 3. The standard InChI is InChI=1S/C13H10N2O2/c1-2-9-17-11-5-3-10(4-6-11)12-7-8-13(16)15-14-12/h3-8H,1H3,(H,15,16). The Hall–Kier alpha value is -2.54. The molecule has 0 saturated carbocycles. The minimum atomic E-state index is -0.216. The van der Waals surface area contributed by atoms with E-state index in [1.807, 2.05) is 12.1 Å². The topological polar surface area (TPSA) is 55.0 Å². The van der Waals surface area contributed by atoms with Crippen molar-refractivity contribution in [2.24, 2.45) is 0 Å². The van der Waals surface area contributed by atoms with Crippen molar-refractivity contribution in [2.45, 2.75) is 6.92 Å². The van der Waals surface area contributed by atoms with Crippen LogP contribution in [0.1, 0.15) is 6.92 Å². The maximum Gasteiger partial charge on any atom is 0.264 e. The number of H-pyrrole nitrogens is 1. The minimum absolute atomic E-state index is 0.216. The summed E-state index contributed by atoms with van der Waals surface area (Å²) in [7, 11) is 0. The Morgan fingerprint density at radius 1 is 1.18 bits per heavy atom. The van der Waals surface area contributed by atoms with Gasteiger partial charge in [-0.2, -0.15) is 5.10 Å². The molecular weight excluding hydrogens is 216 g/mol. The fourth-order valence-corrected chi connectivity index (χ4v) is 1.31. The second-order valence-corrected chi connectivity index (χ2v) is 3.28. The van der Waals surface area contributed by atoms with Gasteiger partial charge in [-0.3, -0.25) is 4.79 Å². The van der Waals surface area contributed by atoms with Gasteiger partial charge in [-0.15, -0.1) is 0 Å². The van der Waals surface area contributed by atoms with E-state index in [1.165, 1.54) is 6.07 Å². The van der Waals surface area contributed by atoms with Crippen LogP contribution in [0.5, 0.6) is 5.75 Å². The van der Waals surface area contributed by atoms with Crippen LogP contribution in [-0.4, -0.2) is 10.2 Å². The van der Waals surface area contributed by atoms with Crippen molar-refractivity contribution in [3.05, 3.63) is 46.8 Å². The predicted molar refractivity (Wildman–Crippen MR) is 64.4 cm³/mol. The van der Waals surface area contributed by atoms with Gasteiger partial charge >= 0.3 is 0 Å². The lowest BCUT2D eigenvalue weighted by atomic mass is 10.1. The molecule has 1 N–H and O–H groups in total. The van der Waals surface area contributed by atoms with Crippen molar-refractivity contribution in [1.82, 2.24) is 10.2 Å². The molecule has 0 spiro atoms.